The smallest absolute Gasteiger partial charge is 0.257 e. The van der Waals surface area contributed by atoms with Crippen molar-refractivity contribution in [3.8, 4) is 11.5 Å². The van der Waals surface area contributed by atoms with E-state index in [2.05, 4.69) is 15.5 Å². The lowest BCUT2D eigenvalue weighted by atomic mass is 9.71. The molecular weight excluding hydrogens is 352 g/mol. The topological polar surface area (TPSA) is 94.0 Å². The van der Waals surface area contributed by atoms with Crippen LogP contribution in [0.1, 0.15) is 57.3 Å². The third kappa shape index (κ3) is 4.83. The third-order valence-corrected chi connectivity index (χ3v) is 5.11. The number of carbonyl (C=O) groups is 1. The number of carbonyl (C=O) groups excluding carboxylic acids is 1. The zero-order valence-corrected chi connectivity index (χ0v) is 15.9. The van der Waals surface area contributed by atoms with Crippen molar-refractivity contribution in [2.75, 3.05) is 6.54 Å². The van der Waals surface area contributed by atoms with E-state index in [1.165, 1.54) is 6.42 Å². The number of nitrogens with two attached hydrogens (primary N) is 1. The summed E-state index contributed by atoms with van der Waals surface area (Å²) in [7, 11) is 0. The van der Waals surface area contributed by atoms with Gasteiger partial charge in [-0.2, -0.15) is 4.98 Å². The molecule has 1 amide bonds. The molecule has 1 aromatic heterocycles. The minimum atomic E-state index is -0.299. The van der Waals surface area contributed by atoms with Crippen LogP contribution < -0.4 is 11.1 Å². The lowest BCUT2D eigenvalue weighted by molar-refractivity contribution is -0.124. The second-order valence-corrected chi connectivity index (χ2v) is 7.05. The van der Waals surface area contributed by atoms with E-state index in [0.717, 1.165) is 31.2 Å². The average molecular weight is 379 g/mol. The monoisotopic (exact) mass is 378 g/mol. The lowest BCUT2D eigenvalue weighted by Gasteiger charge is -2.35. The highest BCUT2D eigenvalue weighted by atomic mass is 35.5. The summed E-state index contributed by atoms with van der Waals surface area (Å²) < 4.78 is 5.31. The first-order chi connectivity index (χ1) is 12.1. The van der Waals surface area contributed by atoms with Gasteiger partial charge in [0.2, 0.25) is 5.91 Å². The van der Waals surface area contributed by atoms with Gasteiger partial charge in [-0.15, -0.1) is 12.4 Å². The normalized spacial score (nSPS) is 17.2. The number of hydrogen-bond donors (Lipinski definition) is 2. The highest BCUT2D eigenvalue weighted by Crippen LogP contribution is 2.38. The van der Waals surface area contributed by atoms with Gasteiger partial charge in [0.15, 0.2) is 5.82 Å². The number of benzene rings is 1. The zero-order chi connectivity index (χ0) is 17.7. The zero-order valence-electron chi connectivity index (χ0n) is 15.1. The number of rotatable bonds is 6. The Morgan fingerprint density at radius 2 is 1.96 bits per heavy atom. The standard InChI is InChI=1S/C19H26N4O2.ClH/c1-14(17-22-18(25-23-17)15-8-4-2-5-9-15)21-16(24)12-19(13-20)10-6-3-7-11-19;/h2,4-5,8-9,14H,3,6-7,10-13,20H2,1H3,(H,21,24);1H. The summed E-state index contributed by atoms with van der Waals surface area (Å²) in [5.41, 5.74) is 6.79. The Kier molecular flexibility index (Phi) is 7.17. The number of aromatic nitrogens is 2. The van der Waals surface area contributed by atoms with Crippen LogP contribution in [-0.2, 0) is 4.79 Å². The molecule has 142 valence electrons. The van der Waals surface area contributed by atoms with Crippen LogP contribution in [0.2, 0.25) is 0 Å². The van der Waals surface area contributed by atoms with E-state index < -0.39 is 0 Å². The molecule has 26 heavy (non-hydrogen) atoms. The number of hydrogen-bond acceptors (Lipinski definition) is 5. The Bertz CT molecular complexity index is 699. The van der Waals surface area contributed by atoms with Crippen LogP contribution in [0.25, 0.3) is 11.5 Å². The molecule has 1 aromatic carbocycles. The first-order valence-corrected chi connectivity index (χ1v) is 9.00. The molecule has 1 aliphatic rings. The summed E-state index contributed by atoms with van der Waals surface area (Å²) >= 11 is 0. The molecule has 7 heteroatoms. The maximum atomic E-state index is 12.5. The van der Waals surface area contributed by atoms with Crippen molar-refractivity contribution in [2.24, 2.45) is 11.1 Å². The molecule has 1 fully saturated rings. The van der Waals surface area contributed by atoms with Crippen LogP contribution >= 0.6 is 12.4 Å². The molecular formula is C19H27ClN4O2. The van der Waals surface area contributed by atoms with Crippen LogP contribution in [-0.4, -0.2) is 22.6 Å². The molecule has 3 rings (SSSR count). The van der Waals surface area contributed by atoms with Gasteiger partial charge >= 0.3 is 0 Å². The van der Waals surface area contributed by atoms with Crippen LogP contribution in [0.3, 0.4) is 0 Å². The van der Waals surface area contributed by atoms with E-state index in [4.69, 9.17) is 10.3 Å². The maximum Gasteiger partial charge on any atom is 0.257 e. The first-order valence-electron chi connectivity index (χ1n) is 9.00. The van der Waals surface area contributed by atoms with Crippen LogP contribution in [0.4, 0.5) is 0 Å². The molecule has 2 aromatic rings. The van der Waals surface area contributed by atoms with Gasteiger partial charge in [0.1, 0.15) is 0 Å². The summed E-state index contributed by atoms with van der Waals surface area (Å²) in [4.78, 5) is 16.9. The fraction of sp³-hybridized carbons (Fsp3) is 0.526. The van der Waals surface area contributed by atoms with E-state index in [1.807, 2.05) is 37.3 Å². The molecule has 0 radical (unpaired) electrons. The van der Waals surface area contributed by atoms with Crippen molar-refractivity contribution in [3.05, 3.63) is 36.2 Å². The van der Waals surface area contributed by atoms with Crippen molar-refractivity contribution in [2.45, 2.75) is 51.5 Å². The summed E-state index contributed by atoms with van der Waals surface area (Å²) in [5, 5.41) is 6.99. The highest BCUT2D eigenvalue weighted by Gasteiger charge is 2.33. The van der Waals surface area contributed by atoms with Gasteiger partial charge in [0.25, 0.3) is 5.89 Å². The summed E-state index contributed by atoms with van der Waals surface area (Å²) in [5.74, 6) is 0.950. The molecule has 1 unspecified atom stereocenters. The Labute approximate surface area is 160 Å². The third-order valence-electron chi connectivity index (χ3n) is 5.11. The second kappa shape index (κ2) is 9.14. The van der Waals surface area contributed by atoms with E-state index >= 15 is 0 Å². The molecule has 1 atom stereocenters. The summed E-state index contributed by atoms with van der Waals surface area (Å²) in [6, 6.07) is 9.29. The maximum absolute atomic E-state index is 12.5. The van der Waals surface area contributed by atoms with Crippen LogP contribution in [0, 0.1) is 5.41 Å². The lowest BCUT2D eigenvalue weighted by Crippen LogP contribution is -2.39. The molecule has 0 aliphatic heterocycles. The minimum Gasteiger partial charge on any atom is -0.346 e. The largest absolute Gasteiger partial charge is 0.346 e. The Balaban J connectivity index is 0.00000243. The number of halogens is 1. The Morgan fingerprint density at radius 3 is 2.62 bits per heavy atom. The molecule has 1 saturated carbocycles. The Hall–Kier alpha value is -1.92. The molecule has 0 bridgehead atoms. The number of amides is 1. The van der Waals surface area contributed by atoms with Gasteiger partial charge in [-0.1, -0.05) is 42.6 Å². The Morgan fingerprint density at radius 1 is 1.27 bits per heavy atom. The van der Waals surface area contributed by atoms with E-state index in [9.17, 15) is 4.79 Å². The molecule has 1 heterocycles. The predicted molar refractivity (Wildman–Crippen MR) is 103 cm³/mol. The summed E-state index contributed by atoms with van der Waals surface area (Å²) in [6.45, 7) is 2.43. The van der Waals surface area contributed by atoms with Crippen LogP contribution in [0.5, 0.6) is 0 Å². The fourth-order valence-corrected chi connectivity index (χ4v) is 3.56. The van der Waals surface area contributed by atoms with E-state index in [1.54, 1.807) is 0 Å². The van der Waals surface area contributed by atoms with Gasteiger partial charge in [-0.05, 0) is 43.9 Å². The van der Waals surface area contributed by atoms with Gasteiger partial charge < -0.3 is 15.6 Å². The molecule has 0 spiro atoms. The molecule has 1 aliphatic carbocycles. The number of nitrogens with one attached hydrogen (secondary N) is 1. The molecule has 0 saturated heterocycles. The quantitative estimate of drug-likeness (QED) is 0.800. The minimum absolute atomic E-state index is 0. The predicted octanol–water partition coefficient (Wildman–Crippen LogP) is 3.63. The highest BCUT2D eigenvalue weighted by molar-refractivity contribution is 5.85. The van der Waals surface area contributed by atoms with Gasteiger partial charge in [-0.25, -0.2) is 0 Å². The van der Waals surface area contributed by atoms with E-state index in [0.29, 0.717) is 24.7 Å². The van der Waals surface area contributed by atoms with E-state index in [-0.39, 0.29) is 29.8 Å². The number of nitrogens with zero attached hydrogens (tertiary/aromatic N) is 2. The van der Waals surface area contributed by atoms with Crippen molar-refractivity contribution < 1.29 is 9.32 Å². The SMILES string of the molecule is CC(NC(=O)CC1(CN)CCCCC1)c1noc(-c2ccccc2)n1.Cl. The van der Waals surface area contributed by atoms with Gasteiger partial charge in [0, 0.05) is 12.0 Å². The average Bonchev–Trinajstić information content (AvgIpc) is 3.13. The molecule has 3 N–H and O–H groups in total. The van der Waals surface area contributed by atoms with Crippen molar-refractivity contribution >= 4 is 18.3 Å². The summed E-state index contributed by atoms with van der Waals surface area (Å²) in [6.07, 6.45) is 6.09. The first kappa shape index (κ1) is 20.4. The van der Waals surface area contributed by atoms with Gasteiger partial charge in [-0.3, -0.25) is 4.79 Å². The van der Waals surface area contributed by atoms with Crippen molar-refractivity contribution in [3.63, 3.8) is 0 Å². The van der Waals surface area contributed by atoms with Crippen molar-refractivity contribution in [1.29, 1.82) is 0 Å². The second-order valence-electron chi connectivity index (χ2n) is 7.05. The van der Waals surface area contributed by atoms with Crippen molar-refractivity contribution in [1.82, 2.24) is 15.5 Å². The molecule has 6 nitrogen and oxygen atoms in total. The fourth-order valence-electron chi connectivity index (χ4n) is 3.56. The van der Waals surface area contributed by atoms with Crippen LogP contribution in [0.15, 0.2) is 34.9 Å². The van der Waals surface area contributed by atoms with Gasteiger partial charge in [0.05, 0.1) is 6.04 Å².